The number of carbonyl (C=O) groups is 3. The number of carbonyl (C=O) groups excluding carboxylic acids is 3. The first-order chi connectivity index (χ1) is 13.0. The molecule has 3 N–H and O–H groups in total. The summed E-state index contributed by atoms with van der Waals surface area (Å²) in [5.74, 6) is -0.236. The van der Waals surface area contributed by atoms with Crippen molar-refractivity contribution in [2.24, 2.45) is 0 Å². The monoisotopic (exact) mass is 365 g/mol. The Morgan fingerprint density at radius 3 is 2.59 bits per heavy atom. The Morgan fingerprint density at radius 1 is 1.11 bits per heavy atom. The van der Waals surface area contributed by atoms with Gasteiger partial charge in [-0.15, -0.1) is 0 Å². The van der Waals surface area contributed by atoms with E-state index in [1.807, 2.05) is 0 Å². The maximum absolute atomic E-state index is 12.3. The number of hydrogen-bond donors (Lipinski definition) is 3. The molecule has 2 aromatic carbocycles. The molecule has 0 aromatic heterocycles. The molecular weight excluding hydrogens is 346 g/mol. The van der Waals surface area contributed by atoms with Gasteiger partial charge in [0.1, 0.15) is 12.4 Å². The van der Waals surface area contributed by atoms with E-state index in [0.29, 0.717) is 35.8 Å². The third-order valence-electron chi connectivity index (χ3n) is 3.92. The van der Waals surface area contributed by atoms with Gasteiger partial charge >= 0.3 is 0 Å². The largest absolute Gasteiger partial charge is 0.491 e. The zero-order valence-corrected chi connectivity index (χ0v) is 14.6. The minimum Gasteiger partial charge on any atom is -0.491 e. The van der Waals surface area contributed by atoms with Crippen molar-refractivity contribution in [2.75, 3.05) is 23.8 Å². The highest BCUT2D eigenvalue weighted by Crippen LogP contribution is 2.24. The van der Waals surface area contributed by atoms with Crippen LogP contribution in [0, 0.1) is 0 Å². The van der Waals surface area contributed by atoms with Gasteiger partial charge in [-0.2, -0.15) is 0 Å². The Kier molecular flexibility index (Phi) is 5.51. The summed E-state index contributed by atoms with van der Waals surface area (Å²) >= 11 is 0. The van der Waals surface area contributed by atoms with Gasteiger partial charge in [-0.25, -0.2) is 0 Å². The number of anilines is 2. The molecule has 0 atom stereocenters. The molecule has 0 bridgehead atoms. The van der Waals surface area contributed by atoms with Gasteiger partial charge in [-0.05, 0) is 42.0 Å². The lowest BCUT2D eigenvalue weighted by molar-refractivity contribution is -0.115. The number of hydrogen-bond acceptors (Lipinski definition) is 4. The predicted octanol–water partition coefficient (Wildman–Crippen LogP) is 2.11. The molecular formula is C20H19N3O4. The summed E-state index contributed by atoms with van der Waals surface area (Å²) in [6, 6.07) is 11.9. The average Bonchev–Trinajstić information content (AvgIpc) is 2.85. The highest BCUT2D eigenvalue weighted by atomic mass is 16.5. The van der Waals surface area contributed by atoms with Crippen LogP contribution in [-0.2, 0) is 16.0 Å². The molecule has 0 saturated heterocycles. The number of nitrogens with one attached hydrogen (secondary N) is 3. The molecule has 0 fully saturated rings. The Morgan fingerprint density at radius 2 is 1.85 bits per heavy atom. The summed E-state index contributed by atoms with van der Waals surface area (Å²) in [6.07, 6.45) is 1.35. The van der Waals surface area contributed by atoms with Gasteiger partial charge < -0.3 is 20.7 Å². The van der Waals surface area contributed by atoms with Crippen LogP contribution in [-0.4, -0.2) is 30.9 Å². The second kappa shape index (κ2) is 8.18. The fraction of sp³-hybridized carbons (Fsp3) is 0.150. The molecule has 138 valence electrons. The summed E-state index contributed by atoms with van der Waals surface area (Å²) in [5.41, 5.74) is 2.34. The molecule has 0 aliphatic carbocycles. The van der Waals surface area contributed by atoms with Gasteiger partial charge in [0, 0.05) is 11.4 Å². The Balaban J connectivity index is 1.63. The molecule has 0 unspecified atom stereocenters. The smallest absolute Gasteiger partial charge is 0.255 e. The van der Waals surface area contributed by atoms with Gasteiger partial charge in [0.2, 0.25) is 11.8 Å². The van der Waals surface area contributed by atoms with Crippen LogP contribution in [0.25, 0.3) is 0 Å². The van der Waals surface area contributed by atoms with Crippen LogP contribution < -0.4 is 20.7 Å². The van der Waals surface area contributed by atoms with E-state index in [2.05, 4.69) is 22.5 Å². The highest BCUT2D eigenvalue weighted by molar-refractivity contribution is 6.00. The maximum Gasteiger partial charge on any atom is 0.255 e. The molecule has 0 saturated carbocycles. The summed E-state index contributed by atoms with van der Waals surface area (Å²) in [6.45, 7) is 4.25. The summed E-state index contributed by atoms with van der Waals surface area (Å²) in [7, 11) is 0. The van der Waals surface area contributed by atoms with Crippen LogP contribution in [0.5, 0.6) is 5.75 Å². The fourth-order valence-corrected chi connectivity index (χ4v) is 2.62. The van der Waals surface area contributed by atoms with Gasteiger partial charge in [-0.3, -0.25) is 14.4 Å². The molecule has 1 aliphatic rings. The van der Waals surface area contributed by atoms with Crippen LogP contribution in [0.2, 0.25) is 0 Å². The first-order valence-corrected chi connectivity index (χ1v) is 8.42. The highest BCUT2D eigenvalue weighted by Gasteiger charge is 2.17. The van der Waals surface area contributed by atoms with Crippen molar-refractivity contribution in [2.45, 2.75) is 6.42 Å². The Hall–Kier alpha value is -3.61. The zero-order valence-electron chi connectivity index (χ0n) is 14.6. The minimum absolute atomic E-state index is 0.162. The van der Waals surface area contributed by atoms with Crippen LogP contribution in [0.3, 0.4) is 0 Å². The van der Waals surface area contributed by atoms with Crippen LogP contribution >= 0.6 is 0 Å². The van der Waals surface area contributed by atoms with E-state index in [-0.39, 0.29) is 24.1 Å². The molecule has 2 aromatic rings. The van der Waals surface area contributed by atoms with Crippen molar-refractivity contribution in [3.05, 3.63) is 66.2 Å². The minimum atomic E-state index is -0.295. The normalized spacial score (nSPS) is 12.7. The zero-order chi connectivity index (χ0) is 19.2. The van der Waals surface area contributed by atoms with Crippen molar-refractivity contribution in [3.8, 4) is 5.75 Å². The van der Waals surface area contributed by atoms with E-state index in [9.17, 15) is 14.4 Å². The number of amides is 3. The van der Waals surface area contributed by atoms with Gasteiger partial charge in [-0.1, -0.05) is 18.7 Å². The molecule has 3 amide bonds. The fourth-order valence-electron chi connectivity index (χ4n) is 2.62. The van der Waals surface area contributed by atoms with E-state index in [4.69, 9.17) is 4.74 Å². The molecule has 7 nitrogen and oxygen atoms in total. The number of fused-ring (bicyclic) bond motifs is 1. The van der Waals surface area contributed by atoms with Crippen LogP contribution in [0.4, 0.5) is 11.4 Å². The third-order valence-corrected chi connectivity index (χ3v) is 3.92. The summed E-state index contributed by atoms with van der Waals surface area (Å²) in [5, 5.41) is 8.15. The SMILES string of the molecule is C=CC(=O)Nc1ccc(CC(=O)Nc2ccc3c(c2)C(=O)NCCO3)cc1. The van der Waals surface area contributed by atoms with E-state index in [1.165, 1.54) is 6.08 Å². The second-order valence-electron chi connectivity index (χ2n) is 5.93. The first kappa shape index (κ1) is 18.2. The Labute approximate surface area is 156 Å². The molecule has 1 aliphatic heterocycles. The molecule has 0 spiro atoms. The van der Waals surface area contributed by atoms with Crippen LogP contribution in [0.15, 0.2) is 55.1 Å². The second-order valence-corrected chi connectivity index (χ2v) is 5.93. The third kappa shape index (κ3) is 4.72. The van der Waals surface area contributed by atoms with Crippen molar-refractivity contribution in [1.29, 1.82) is 0 Å². The number of benzene rings is 2. The van der Waals surface area contributed by atoms with E-state index in [1.54, 1.807) is 42.5 Å². The number of rotatable bonds is 5. The van der Waals surface area contributed by atoms with E-state index in [0.717, 1.165) is 5.56 Å². The number of ether oxygens (including phenoxy) is 1. The summed E-state index contributed by atoms with van der Waals surface area (Å²) in [4.78, 5) is 35.6. The average molecular weight is 365 g/mol. The molecule has 1 heterocycles. The Bertz CT molecular complexity index is 891. The van der Waals surface area contributed by atoms with Crippen LogP contribution in [0.1, 0.15) is 15.9 Å². The molecule has 27 heavy (non-hydrogen) atoms. The topological polar surface area (TPSA) is 96.5 Å². The molecule has 3 rings (SSSR count). The predicted molar refractivity (Wildman–Crippen MR) is 102 cm³/mol. The van der Waals surface area contributed by atoms with Crippen molar-refractivity contribution >= 4 is 29.1 Å². The van der Waals surface area contributed by atoms with E-state index >= 15 is 0 Å². The molecule has 0 radical (unpaired) electrons. The lowest BCUT2D eigenvalue weighted by Gasteiger charge is -2.10. The van der Waals surface area contributed by atoms with E-state index < -0.39 is 0 Å². The maximum atomic E-state index is 12.3. The lowest BCUT2D eigenvalue weighted by Crippen LogP contribution is -2.24. The van der Waals surface area contributed by atoms with Crippen molar-refractivity contribution < 1.29 is 19.1 Å². The van der Waals surface area contributed by atoms with Gasteiger partial charge in [0.05, 0.1) is 18.5 Å². The van der Waals surface area contributed by atoms with Crippen molar-refractivity contribution in [3.63, 3.8) is 0 Å². The first-order valence-electron chi connectivity index (χ1n) is 8.42. The summed E-state index contributed by atoms with van der Waals surface area (Å²) < 4.78 is 5.49. The van der Waals surface area contributed by atoms with Gasteiger partial charge in [0.15, 0.2) is 0 Å². The lowest BCUT2D eigenvalue weighted by atomic mass is 10.1. The van der Waals surface area contributed by atoms with Gasteiger partial charge in [0.25, 0.3) is 5.91 Å². The van der Waals surface area contributed by atoms with Crippen molar-refractivity contribution in [1.82, 2.24) is 5.32 Å². The molecule has 7 heteroatoms. The standard InChI is InChI=1S/C20H19N3O4/c1-2-18(24)22-14-5-3-13(4-6-14)11-19(25)23-15-7-8-17-16(12-15)20(26)21-9-10-27-17/h2-8,12H,1,9-11H2,(H,21,26)(H,22,24)(H,23,25). The quantitative estimate of drug-likeness (QED) is 0.707.